The van der Waals surface area contributed by atoms with E-state index in [-0.39, 0.29) is 25.2 Å². The second kappa shape index (κ2) is 8.84. The Morgan fingerprint density at radius 3 is 2.82 bits per heavy atom. The highest BCUT2D eigenvalue weighted by molar-refractivity contribution is 5.92. The first-order valence-corrected chi connectivity index (χ1v) is 10.0. The third kappa shape index (κ3) is 4.25. The zero-order chi connectivity index (χ0) is 19.3. The Balaban J connectivity index is 1.52. The Bertz CT molecular complexity index is 728. The van der Waals surface area contributed by atoms with E-state index in [0.717, 1.165) is 49.4 Å². The SMILES string of the molecule is O=C(C1=C[C@@H](c2ccc3c(c2)OCO3)C[C@@H](OCCCCO)O1)N1CCCC1. The molecule has 7 heteroatoms. The van der Waals surface area contributed by atoms with Crippen LogP contribution >= 0.6 is 0 Å². The lowest BCUT2D eigenvalue weighted by atomic mass is 9.92. The van der Waals surface area contributed by atoms with Crippen molar-refractivity contribution in [1.82, 2.24) is 4.90 Å². The van der Waals surface area contributed by atoms with Gasteiger partial charge in [0.1, 0.15) is 0 Å². The number of rotatable bonds is 7. The minimum absolute atomic E-state index is 0.00681. The predicted molar refractivity (Wildman–Crippen MR) is 101 cm³/mol. The minimum Gasteiger partial charge on any atom is -0.459 e. The maximum Gasteiger partial charge on any atom is 0.288 e. The molecule has 1 aromatic rings. The monoisotopic (exact) mass is 389 g/mol. The number of carbonyl (C=O) groups is 1. The first-order chi connectivity index (χ1) is 13.7. The summed E-state index contributed by atoms with van der Waals surface area (Å²) in [6.45, 7) is 2.42. The van der Waals surface area contributed by atoms with Crippen LogP contribution in [-0.4, -0.2) is 55.3 Å². The van der Waals surface area contributed by atoms with E-state index in [1.54, 1.807) is 0 Å². The van der Waals surface area contributed by atoms with Crippen molar-refractivity contribution in [1.29, 1.82) is 0 Å². The Labute approximate surface area is 164 Å². The van der Waals surface area contributed by atoms with E-state index >= 15 is 0 Å². The fraction of sp³-hybridized carbons (Fsp3) is 0.571. The van der Waals surface area contributed by atoms with Crippen LogP contribution in [0.5, 0.6) is 11.5 Å². The molecule has 0 bridgehead atoms. The van der Waals surface area contributed by atoms with Crippen molar-refractivity contribution in [3.05, 3.63) is 35.6 Å². The molecule has 0 saturated carbocycles. The number of allylic oxidation sites excluding steroid dienone is 1. The van der Waals surface area contributed by atoms with Crippen molar-refractivity contribution in [2.75, 3.05) is 33.1 Å². The summed E-state index contributed by atoms with van der Waals surface area (Å²) in [6.07, 6.45) is 5.55. The first-order valence-electron chi connectivity index (χ1n) is 10.0. The number of ether oxygens (including phenoxy) is 4. The molecular formula is C21H27NO6. The highest BCUT2D eigenvalue weighted by Gasteiger charge is 2.32. The highest BCUT2D eigenvalue weighted by Crippen LogP contribution is 2.38. The average molecular weight is 389 g/mol. The van der Waals surface area contributed by atoms with Gasteiger partial charge in [0.25, 0.3) is 5.91 Å². The molecule has 0 unspecified atom stereocenters. The van der Waals surface area contributed by atoms with Crippen LogP contribution in [0, 0.1) is 0 Å². The first kappa shape index (κ1) is 19.1. The molecule has 0 aliphatic carbocycles. The van der Waals surface area contributed by atoms with Crippen LogP contribution in [-0.2, 0) is 14.3 Å². The Kier molecular flexibility index (Phi) is 6.02. The number of benzene rings is 1. The number of fused-ring (bicyclic) bond motifs is 1. The van der Waals surface area contributed by atoms with Gasteiger partial charge in [-0.15, -0.1) is 0 Å². The van der Waals surface area contributed by atoms with Gasteiger partial charge in [0, 0.05) is 32.0 Å². The molecule has 3 aliphatic rings. The molecule has 1 amide bonds. The van der Waals surface area contributed by atoms with Gasteiger partial charge in [-0.1, -0.05) is 6.07 Å². The van der Waals surface area contributed by atoms with E-state index in [9.17, 15) is 4.79 Å². The van der Waals surface area contributed by atoms with Crippen LogP contribution in [0.3, 0.4) is 0 Å². The van der Waals surface area contributed by atoms with E-state index in [0.29, 0.717) is 25.2 Å². The molecule has 152 valence electrons. The van der Waals surface area contributed by atoms with Crippen molar-refractivity contribution in [2.45, 2.75) is 44.3 Å². The van der Waals surface area contributed by atoms with Crippen LogP contribution in [0.25, 0.3) is 0 Å². The zero-order valence-electron chi connectivity index (χ0n) is 16.0. The summed E-state index contributed by atoms with van der Waals surface area (Å²) >= 11 is 0. The largest absolute Gasteiger partial charge is 0.459 e. The van der Waals surface area contributed by atoms with Gasteiger partial charge in [-0.25, -0.2) is 0 Å². The molecule has 3 heterocycles. The van der Waals surface area contributed by atoms with Gasteiger partial charge < -0.3 is 29.0 Å². The van der Waals surface area contributed by atoms with Crippen molar-refractivity contribution >= 4 is 5.91 Å². The van der Waals surface area contributed by atoms with Crippen LogP contribution in [0.15, 0.2) is 30.0 Å². The Hall–Kier alpha value is -2.25. The molecule has 2 atom stereocenters. The van der Waals surface area contributed by atoms with E-state index in [1.165, 1.54) is 0 Å². The zero-order valence-corrected chi connectivity index (χ0v) is 16.0. The number of hydrogen-bond acceptors (Lipinski definition) is 6. The van der Waals surface area contributed by atoms with E-state index in [1.807, 2.05) is 29.2 Å². The van der Waals surface area contributed by atoms with Crippen LogP contribution in [0.1, 0.15) is 43.6 Å². The second-order valence-electron chi connectivity index (χ2n) is 7.33. The normalized spacial score (nSPS) is 23.5. The molecule has 1 fully saturated rings. The van der Waals surface area contributed by atoms with Gasteiger partial charge >= 0.3 is 0 Å². The third-order valence-electron chi connectivity index (χ3n) is 5.34. The fourth-order valence-electron chi connectivity index (χ4n) is 3.79. The smallest absolute Gasteiger partial charge is 0.288 e. The lowest BCUT2D eigenvalue weighted by Crippen LogP contribution is -2.35. The van der Waals surface area contributed by atoms with Crippen molar-refractivity contribution in [3.63, 3.8) is 0 Å². The summed E-state index contributed by atoms with van der Waals surface area (Å²) in [7, 11) is 0. The summed E-state index contributed by atoms with van der Waals surface area (Å²) < 4.78 is 22.7. The molecule has 1 aromatic carbocycles. The third-order valence-corrected chi connectivity index (χ3v) is 5.34. The van der Waals surface area contributed by atoms with Gasteiger partial charge in [-0.05, 0) is 49.5 Å². The highest BCUT2D eigenvalue weighted by atomic mass is 16.7. The lowest BCUT2D eigenvalue weighted by Gasteiger charge is -2.30. The number of carbonyl (C=O) groups excluding carboxylic acids is 1. The standard InChI is InChI=1S/C21H27NO6/c23-9-3-4-10-25-20-13-16(15-5-6-17-18(11-15)27-14-26-17)12-19(28-20)21(24)22-7-1-2-8-22/h5-6,11-12,16,20,23H,1-4,7-10,13-14H2/t16-,20+/m1/s1. The summed E-state index contributed by atoms with van der Waals surface area (Å²) in [4.78, 5) is 14.7. The number of hydrogen-bond donors (Lipinski definition) is 1. The molecule has 4 rings (SSSR count). The molecule has 0 radical (unpaired) electrons. The number of nitrogens with zero attached hydrogens (tertiary/aromatic N) is 1. The number of unbranched alkanes of at least 4 members (excludes halogenated alkanes) is 1. The molecule has 0 aromatic heterocycles. The molecule has 3 aliphatic heterocycles. The summed E-state index contributed by atoms with van der Waals surface area (Å²) in [5.74, 6) is 1.76. The number of aliphatic hydroxyl groups is 1. The number of amides is 1. The van der Waals surface area contributed by atoms with E-state index < -0.39 is 6.29 Å². The quantitative estimate of drug-likeness (QED) is 0.722. The summed E-state index contributed by atoms with van der Waals surface area (Å²) in [6, 6.07) is 5.87. The van der Waals surface area contributed by atoms with Gasteiger partial charge in [0.2, 0.25) is 13.1 Å². The van der Waals surface area contributed by atoms with E-state index in [2.05, 4.69) is 0 Å². The molecule has 1 N–H and O–H groups in total. The van der Waals surface area contributed by atoms with Gasteiger partial charge in [0.05, 0.1) is 6.61 Å². The minimum atomic E-state index is -0.485. The molecule has 7 nitrogen and oxygen atoms in total. The fourth-order valence-corrected chi connectivity index (χ4v) is 3.79. The number of aliphatic hydroxyl groups excluding tert-OH is 1. The van der Waals surface area contributed by atoms with Crippen LogP contribution in [0.4, 0.5) is 0 Å². The maximum absolute atomic E-state index is 12.9. The Morgan fingerprint density at radius 1 is 1.18 bits per heavy atom. The van der Waals surface area contributed by atoms with Crippen LogP contribution < -0.4 is 9.47 Å². The molecule has 28 heavy (non-hydrogen) atoms. The van der Waals surface area contributed by atoms with Gasteiger partial charge in [-0.2, -0.15) is 0 Å². The van der Waals surface area contributed by atoms with E-state index in [4.69, 9.17) is 24.1 Å². The topological polar surface area (TPSA) is 77.5 Å². The maximum atomic E-state index is 12.9. The molecule has 0 spiro atoms. The summed E-state index contributed by atoms with van der Waals surface area (Å²) in [5, 5.41) is 8.94. The molecular weight excluding hydrogens is 362 g/mol. The van der Waals surface area contributed by atoms with Crippen molar-refractivity contribution < 1.29 is 28.8 Å². The van der Waals surface area contributed by atoms with Crippen molar-refractivity contribution in [2.24, 2.45) is 0 Å². The number of likely N-dealkylation sites (tertiary alicyclic amines) is 1. The second-order valence-corrected chi connectivity index (χ2v) is 7.33. The predicted octanol–water partition coefficient (Wildman–Crippen LogP) is 2.54. The lowest BCUT2D eigenvalue weighted by molar-refractivity contribution is -0.152. The van der Waals surface area contributed by atoms with Crippen molar-refractivity contribution in [3.8, 4) is 11.5 Å². The Morgan fingerprint density at radius 2 is 2.00 bits per heavy atom. The summed E-state index contributed by atoms with van der Waals surface area (Å²) in [5.41, 5.74) is 1.04. The average Bonchev–Trinajstić information content (AvgIpc) is 3.41. The van der Waals surface area contributed by atoms with Crippen LogP contribution in [0.2, 0.25) is 0 Å². The van der Waals surface area contributed by atoms with Gasteiger partial charge in [0.15, 0.2) is 17.3 Å². The molecule has 1 saturated heterocycles. The van der Waals surface area contributed by atoms with Gasteiger partial charge in [-0.3, -0.25) is 4.79 Å².